The molecular formula is C23H39N7OS. The Labute approximate surface area is 197 Å². The summed E-state index contributed by atoms with van der Waals surface area (Å²) in [6, 6.07) is 0.866. The zero-order valence-corrected chi connectivity index (χ0v) is 20.5. The number of ether oxygens (including phenoxy) is 1. The highest BCUT2D eigenvalue weighted by molar-refractivity contribution is 7.80. The highest BCUT2D eigenvalue weighted by Gasteiger charge is 2.24. The molecule has 3 aliphatic rings. The van der Waals surface area contributed by atoms with Crippen molar-refractivity contribution >= 4 is 29.1 Å². The molecule has 4 rings (SSSR count). The summed E-state index contributed by atoms with van der Waals surface area (Å²) < 4.78 is 5.40. The molecule has 0 bridgehead atoms. The lowest BCUT2D eigenvalue weighted by molar-refractivity contribution is 0.0389. The summed E-state index contributed by atoms with van der Waals surface area (Å²) in [6.07, 6.45) is 9.05. The maximum atomic E-state index is 5.53. The van der Waals surface area contributed by atoms with Crippen molar-refractivity contribution in [2.24, 2.45) is 0 Å². The summed E-state index contributed by atoms with van der Waals surface area (Å²) in [4.78, 5) is 14.3. The van der Waals surface area contributed by atoms with Gasteiger partial charge in [0.1, 0.15) is 5.82 Å². The summed E-state index contributed by atoms with van der Waals surface area (Å²) in [6.45, 7) is 5.61. The van der Waals surface area contributed by atoms with E-state index in [9.17, 15) is 0 Å². The number of nitrogens with one attached hydrogen (secondary N) is 3. The summed E-state index contributed by atoms with van der Waals surface area (Å²) in [5.41, 5.74) is 2.58. The first-order valence-electron chi connectivity index (χ1n) is 12.3. The van der Waals surface area contributed by atoms with Crippen molar-refractivity contribution in [2.75, 3.05) is 63.7 Å². The van der Waals surface area contributed by atoms with Crippen molar-refractivity contribution in [1.29, 1.82) is 0 Å². The Hall–Kier alpha value is -1.71. The minimum atomic E-state index is 0.424. The summed E-state index contributed by atoms with van der Waals surface area (Å²) in [5, 5.41) is 11.3. The van der Waals surface area contributed by atoms with E-state index in [0.717, 1.165) is 94.8 Å². The number of hydrogen-bond donors (Lipinski definition) is 3. The van der Waals surface area contributed by atoms with Crippen molar-refractivity contribution in [3.63, 3.8) is 0 Å². The molecule has 0 amide bonds. The molecule has 0 radical (unpaired) electrons. The van der Waals surface area contributed by atoms with E-state index in [1.165, 1.54) is 24.1 Å². The lowest BCUT2D eigenvalue weighted by Crippen LogP contribution is -2.47. The zero-order valence-electron chi connectivity index (χ0n) is 19.7. The monoisotopic (exact) mass is 461 g/mol. The van der Waals surface area contributed by atoms with Gasteiger partial charge in [0.25, 0.3) is 0 Å². The Morgan fingerprint density at radius 3 is 2.53 bits per heavy atom. The van der Waals surface area contributed by atoms with Crippen LogP contribution in [0.1, 0.15) is 49.8 Å². The van der Waals surface area contributed by atoms with E-state index in [1.807, 2.05) is 0 Å². The molecule has 1 aliphatic heterocycles. The maximum Gasteiger partial charge on any atom is 0.225 e. The quantitative estimate of drug-likeness (QED) is 0.528. The number of rotatable bonds is 7. The third-order valence-corrected chi connectivity index (χ3v) is 7.06. The van der Waals surface area contributed by atoms with Crippen molar-refractivity contribution < 1.29 is 4.74 Å². The number of hydrogen-bond acceptors (Lipinski definition) is 7. The molecule has 1 saturated carbocycles. The number of thiocarbonyl (C=S) groups is 1. The topological polar surface area (TPSA) is 77.6 Å². The molecular weight excluding hydrogens is 422 g/mol. The van der Waals surface area contributed by atoms with Gasteiger partial charge < -0.3 is 25.6 Å². The smallest absolute Gasteiger partial charge is 0.225 e. The van der Waals surface area contributed by atoms with Crippen LogP contribution in [0.4, 0.5) is 11.8 Å². The van der Waals surface area contributed by atoms with Crippen molar-refractivity contribution in [1.82, 2.24) is 25.5 Å². The van der Waals surface area contributed by atoms with Crippen molar-refractivity contribution in [3.8, 4) is 0 Å². The molecule has 3 N–H and O–H groups in total. The second kappa shape index (κ2) is 11.4. The minimum absolute atomic E-state index is 0.424. The molecule has 1 saturated heterocycles. The van der Waals surface area contributed by atoms with E-state index in [-0.39, 0.29) is 0 Å². The maximum absolute atomic E-state index is 5.53. The fourth-order valence-electron chi connectivity index (χ4n) is 4.96. The molecule has 8 nitrogen and oxygen atoms in total. The van der Waals surface area contributed by atoms with Crippen LogP contribution in [-0.2, 0) is 17.6 Å². The second-order valence-electron chi connectivity index (χ2n) is 9.44. The van der Waals surface area contributed by atoms with Gasteiger partial charge >= 0.3 is 0 Å². The SMILES string of the molecule is CN(C)c1nc(NC2CCC(NC(=S)NCCN3CCOCC3)CC2)nc2c1CCCC2. The van der Waals surface area contributed by atoms with Crippen LogP contribution < -0.4 is 20.9 Å². The van der Waals surface area contributed by atoms with Gasteiger partial charge in [0.05, 0.1) is 18.9 Å². The Bertz CT molecular complexity index is 761. The average Bonchev–Trinajstić information content (AvgIpc) is 2.80. The number of fused-ring (bicyclic) bond motifs is 1. The van der Waals surface area contributed by atoms with E-state index in [0.29, 0.717) is 12.1 Å². The molecule has 178 valence electrons. The first-order valence-corrected chi connectivity index (χ1v) is 12.7. The fraction of sp³-hybridized carbons (Fsp3) is 0.783. The van der Waals surface area contributed by atoms with Crippen LogP contribution in [0.15, 0.2) is 0 Å². The van der Waals surface area contributed by atoms with Crippen LogP contribution in [0.2, 0.25) is 0 Å². The van der Waals surface area contributed by atoms with Gasteiger partial charge in [-0.15, -0.1) is 0 Å². The Morgan fingerprint density at radius 2 is 1.78 bits per heavy atom. The van der Waals surface area contributed by atoms with E-state index in [1.54, 1.807) is 0 Å². The number of aromatic nitrogens is 2. The molecule has 1 aromatic heterocycles. The van der Waals surface area contributed by atoms with Crippen LogP contribution in [0.3, 0.4) is 0 Å². The Balaban J connectivity index is 1.20. The summed E-state index contributed by atoms with van der Waals surface area (Å²) in [7, 11) is 4.16. The van der Waals surface area contributed by atoms with Gasteiger partial charge in [-0.1, -0.05) is 0 Å². The molecule has 0 unspecified atom stereocenters. The van der Waals surface area contributed by atoms with E-state index < -0.39 is 0 Å². The second-order valence-corrected chi connectivity index (χ2v) is 9.85. The molecule has 32 heavy (non-hydrogen) atoms. The number of morpholine rings is 1. The van der Waals surface area contributed by atoms with E-state index in [4.69, 9.17) is 26.9 Å². The van der Waals surface area contributed by atoms with Gasteiger partial charge in [-0.05, 0) is 63.6 Å². The van der Waals surface area contributed by atoms with Gasteiger partial charge in [-0.3, -0.25) is 4.90 Å². The number of anilines is 2. The molecule has 0 atom stereocenters. The third kappa shape index (κ3) is 6.42. The van der Waals surface area contributed by atoms with Crippen LogP contribution >= 0.6 is 12.2 Å². The van der Waals surface area contributed by atoms with Gasteiger partial charge in [-0.2, -0.15) is 4.98 Å². The van der Waals surface area contributed by atoms with Gasteiger partial charge in [-0.25, -0.2) is 4.98 Å². The van der Waals surface area contributed by atoms with Gasteiger partial charge in [0, 0.05) is 57.9 Å². The summed E-state index contributed by atoms with van der Waals surface area (Å²) in [5.74, 6) is 1.88. The normalized spacial score (nSPS) is 23.8. The van der Waals surface area contributed by atoms with Crippen LogP contribution in [0.5, 0.6) is 0 Å². The van der Waals surface area contributed by atoms with Crippen molar-refractivity contribution in [2.45, 2.75) is 63.5 Å². The van der Waals surface area contributed by atoms with Gasteiger partial charge in [0.2, 0.25) is 5.95 Å². The van der Waals surface area contributed by atoms with Crippen molar-refractivity contribution in [3.05, 3.63) is 11.3 Å². The van der Waals surface area contributed by atoms with Crippen LogP contribution in [0.25, 0.3) is 0 Å². The van der Waals surface area contributed by atoms with E-state index >= 15 is 0 Å². The predicted octanol–water partition coefficient (Wildman–Crippen LogP) is 1.94. The molecule has 9 heteroatoms. The predicted molar refractivity (Wildman–Crippen MR) is 134 cm³/mol. The molecule has 1 aromatic rings. The third-order valence-electron chi connectivity index (χ3n) is 6.80. The summed E-state index contributed by atoms with van der Waals surface area (Å²) >= 11 is 5.53. The molecule has 2 aliphatic carbocycles. The molecule has 2 fully saturated rings. The first kappa shape index (κ1) is 23.4. The van der Waals surface area contributed by atoms with Crippen LogP contribution in [0, 0.1) is 0 Å². The molecule has 2 heterocycles. The Kier molecular flexibility index (Phi) is 8.37. The highest BCUT2D eigenvalue weighted by Crippen LogP contribution is 2.29. The fourth-order valence-corrected chi connectivity index (χ4v) is 5.23. The lowest BCUT2D eigenvalue weighted by atomic mass is 9.91. The lowest BCUT2D eigenvalue weighted by Gasteiger charge is -2.31. The number of aryl methyl sites for hydroxylation is 1. The standard InChI is InChI=1S/C23H39N7OS/c1-29(2)21-19-5-3-4-6-20(19)27-22(28-21)25-17-7-9-18(10-8-17)26-23(32)24-11-12-30-13-15-31-16-14-30/h17-18H,3-16H2,1-2H3,(H2,24,26,32)(H,25,27,28). The average molecular weight is 462 g/mol. The van der Waals surface area contributed by atoms with E-state index in [2.05, 4.69) is 39.8 Å². The molecule has 0 aromatic carbocycles. The zero-order chi connectivity index (χ0) is 22.3. The number of nitrogens with zero attached hydrogens (tertiary/aromatic N) is 4. The van der Waals surface area contributed by atoms with Gasteiger partial charge in [0.15, 0.2) is 5.11 Å². The Morgan fingerprint density at radius 1 is 1.06 bits per heavy atom. The minimum Gasteiger partial charge on any atom is -0.379 e. The first-order chi connectivity index (χ1) is 15.6. The molecule has 0 spiro atoms. The highest BCUT2D eigenvalue weighted by atomic mass is 32.1. The largest absolute Gasteiger partial charge is 0.379 e. The van der Waals surface area contributed by atoms with Crippen LogP contribution in [-0.4, -0.2) is 85.6 Å².